The van der Waals surface area contributed by atoms with Crippen LogP contribution in [0, 0.1) is 5.92 Å². The van der Waals surface area contributed by atoms with E-state index in [0.717, 1.165) is 6.42 Å². The number of hydrogen-bond acceptors (Lipinski definition) is 12. The highest BCUT2D eigenvalue weighted by Gasteiger charge is 2.42. The monoisotopic (exact) mass is 628 g/mol. The van der Waals surface area contributed by atoms with Gasteiger partial charge in [-0.25, -0.2) is 4.79 Å². The van der Waals surface area contributed by atoms with Crippen molar-refractivity contribution in [1.82, 2.24) is 9.80 Å². The molecule has 0 aromatic heterocycles. The molecule has 2 fully saturated rings. The van der Waals surface area contributed by atoms with Gasteiger partial charge in [-0.1, -0.05) is 6.08 Å². The molecule has 2 aliphatic rings. The maximum absolute atomic E-state index is 12.0. The molecule has 0 spiro atoms. The highest BCUT2D eigenvalue weighted by Crippen LogP contribution is 2.31. The molecule has 0 radical (unpaired) electrons. The lowest BCUT2D eigenvalue weighted by Gasteiger charge is -2.47. The fourth-order valence-corrected chi connectivity index (χ4v) is 4.56. The molecule has 0 aliphatic carbocycles. The summed E-state index contributed by atoms with van der Waals surface area (Å²) in [6, 6.07) is 0. The van der Waals surface area contributed by atoms with Gasteiger partial charge in [0, 0.05) is 5.57 Å². The van der Waals surface area contributed by atoms with E-state index in [2.05, 4.69) is 9.80 Å². The Morgan fingerprint density at radius 2 is 1.25 bits per heavy atom. The van der Waals surface area contributed by atoms with Gasteiger partial charge in [0.2, 0.25) is 0 Å². The zero-order valence-electron chi connectivity index (χ0n) is 29.0. The molecule has 0 saturated carbocycles. The molecule has 12 heteroatoms. The van der Waals surface area contributed by atoms with Crippen LogP contribution >= 0.6 is 0 Å². The zero-order chi connectivity index (χ0) is 33.9. The quantitative estimate of drug-likeness (QED) is 0.169. The average molecular weight is 629 g/mol. The minimum atomic E-state index is -0.578. The normalized spacial score (nSPS) is 18.2. The van der Waals surface area contributed by atoms with E-state index < -0.39 is 29.1 Å². The van der Waals surface area contributed by atoms with Crippen LogP contribution in [0.5, 0.6) is 0 Å². The van der Waals surface area contributed by atoms with Gasteiger partial charge in [0.15, 0.2) is 0 Å². The first-order chi connectivity index (χ1) is 20.2. The van der Waals surface area contributed by atoms with Gasteiger partial charge in [-0.05, 0) is 89.0 Å². The van der Waals surface area contributed by atoms with Crippen LogP contribution in [0.1, 0.15) is 73.6 Å². The van der Waals surface area contributed by atoms with Gasteiger partial charge in [-0.3, -0.25) is 24.2 Å². The Balaban J connectivity index is 0.000000440. The number of hydrogen-bond donors (Lipinski definition) is 0. The smallest absolute Gasteiger partial charge is 0.333 e. The number of ether oxygens (including phenoxy) is 6. The van der Waals surface area contributed by atoms with Crippen molar-refractivity contribution in [3.05, 3.63) is 11.6 Å². The van der Waals surface area contributed by atoms with Gasteiger partial charge in [0.1, 0.15) is 11.2 Å². The maximum Gasteiger partial charge on any atom is 0.333 e. The Morgan fingerprint density at radius 1 is 0.773 bits per heavy atom. The van der Waals surface area contributed by atoms with E-state index in [1.807, 2.05) is 49.0 Å². The zero-order valence-corrected chi connectivity index (χ0v) is 29.0. The van der Waals surface area contributed by atoms with Crippen molar-refractivity contribution in [2.75, 3.05) is 68.8 Å². The second kappa shape index (κ2) is 16.7. The molecular formula is C32H56N2O10. The minimum absolute atomic E-state index is 0.0415. The molecule has 0 bridgehead atoms. The van der Waals surface area contributed by atoms with Crippen LogP contribution in [0.2, 0.25) is 0 Å². The lowest BCUT2D eigenvalue weighted by molar-refractivity contribution is -0.162. The first-order valence-electron chi connectivity index (χ1n) is 15.0. The van der Waals surface area contributed by atoms with E-state index in [1.54, 1.807) is 26.8 Å². The SMILES string of the molecule is COC(=O)/C(=C\CC1(N(C)C)COC1)CC(=O)OC(C)(C)C.COC(=O)C(CCC1(N(C)C)COC1)CC(=O)OC(C)(C)C. The summed E-state index contributed by atoms with van der Waals surface area (Å²) >= 11 is 0. The molecular weight excluding hydrogens is 572 g/mol. The molecule has 2 rings (SSSR count). The van der Waals surface area contributed by atoms with Crippen molar-refractivity contribution in [2.45, 2.75) is 95.9 Å². The molecule has 2 saturated heterocycles. The highest BCUT2D eigenvalue weighted by atomic mass is 16.6. The number of nitrogens with zero attached hydrogens (tertiary/aromatic N) is 2. The largest absolute Gasteiger partial charge is 0.469 e. The van der Waals surface area contributed by atoms with Crippen molar-refractivity contribution in [3.8, 4) is 0 Å². The summed E-state index contributed by atoms with van der Waals surface area (Å²) in [7, 11) is 10.6. The molecule has 0 N–H and O–H groups in total. The summed E-state index contributed by atoms with van der Waals surface area (Å²) in [6.07, 6.45) is 3.70. The van der Waals surface area contributed by atoms with E-state index in [1.165, 1.54) is 14.2 Å². The van der Waals surface area contributed by atoms with Gasteiger partial charge >= 0.3 is 23.9 Å². The fourth-order valence-electron chi connectivity index (χ4n) is 4.56. The third kappa shape index (κ3) is 12.8. The van der Waals surface area contributed by atoms with Crippen LogP contribution in [0.15, 0.2) is 11.6 Å². The van der Waals surface area contributed by atoms with Crippen LogP contribution in [-0.4, -0.2) is 125 Å². The van der Waals surface area contributed by atoms with Crippen LogP contribution in [-0.2, 0) is 47.6 Å². The predicted molar refractivity (Wildman–Crippen MR) is 165 cm³/mol. The van der Waals surface area contributed by atoms with Gasteiger partial charge < -0.3 is 28.4 Å². The molecule has 1 atom stereocenters. The molecule has 0 aromatic rings. The topological polar surface area (TPSA) is 130 Å². The first kappa shape index (κ1) is 39.5. The minimum Gasteiger partial charge on any atom is -0.469 e. The Hall–Kier alpha value is -2.54. The van der Waals surface area contributed by atoms with E-state index >= 15 is 0 Å². The Bertz CT molecular complexity index is 999. The second-order valence-corrected chi connectivity index (χ2v) is 14.0. The number of carbonyl (C=O) groups excluding carboxylic acids is 4. The lowest BCUT2D eigenvalue weighted by atomic mass is 9.85. The summed E-state index contributed by atoms with van der Waals surface area (Å²) in [5.74, 6) is -2.14. The van der Waals surface area contributed by atoms with Crippen molar-refractivity contribution < 1.29 is 47.6 Å². The van der Waals surface area contributed by atoms with Crippen LogP contribution in [0.3, 0.4) is 0 Å². The molecule has 0 amide bonds. The van der Waals surface area contributed by atoms with Crippen molar-refractivity contribution in [1.29, 1.82) is 0 Å². The molecule has 2 aliphatic heterocycles. The number of likely N-dealkylation sites (N-methyl/N-ethyl adjacent to an activating group) is 2. The first-order valence-corrected chi connectivity index (χ1v) is 15.0. The lowest BCUT2D eigenvalue weighted by Crippen LogP contribution is -2.59. The van der Waals surface area contributed by atoms with E-state index in [-0.39, 0.29) is 35.9 Å². The Labute approximate surface area is 263 Å². The molecule has 2 heterocycles. The third-order valence-electron chi connectivity index (χ3n) is 7.64. The Kier molecular flexibility index (Phi) is 15.0. The summed E-state index contributed by atoms with van der Waals surface area (Å²) in [5.41, 5.74) is -0.965. The molecule has 1 unspecified atom stereocenters. The maximum atomic E-state index is 12.0. The van der Waals surface area contributed by atoms with Gasteiger partial charge in [-0.2, -0.15) is 0 Å². The van der Waals surface area contributed by atoms with Crippen LogP contribution in [0.25, 0.3) is 0 Å². The van der Waals surface area contributed by atoms with Crippen molar-refractivity contribution in [2.24, 2.45) is 5.92 Å². The third-order valence-corrected chi connectivity index (χ3v) is 7.64. The van der Waals surface area contributed by atoms with E-state index in [0.29, 0.717) is 44.8 Å². The fraction of sp³-hybridized carbons (Fsp3) is 0.812. The standard InChI is InChI=1S/C16H29NO5.C16H27NO5/c2*1-15(2,3)22-13(18)9-12(14(19)20-6)7-8-16(17(4)5)10-21-11-16/h12H,7-11H2,1-6H3;7H,8-11H2,1-6H3/b;12-7-. The number of esters is 4. The van der Waals surface area contributed by atoms with E-state index in [4.69, 9.17) is 28.4 Å². The second-order valence-electron chi connectivity index (χ2n) is 14.0. The molecule has 44 heavy (non-hydrogen) atoms. The van der Waals surface area contributed by atoms with Gasteiger partial charge in [0.05, 0.1) is 70.5 Å². The predicted octanol–water partition coefficient (Wildman–Crippen LogP) is 3.16. The summed E-state index contributed by atoms with van der Waals surface area (Å²) in [4.78, 5) is 51.9. The molecule has 254 valence electrons. The number of carbonyl (C=O) groups is 4. The summed E-state index contributed by atoms with van der Waals surface area (Å²) in [6.45, 7) is 13.3. The van der Waals surface area contributed by atoms with Gasteiger partial charge in [0.25, 0.3) is 0 Å². The van der Waals surface area contributed by atoms with Crippen molar-refractivity contribution >= 4 is 23.9 Å². The highest BCUT2D eigenvalue weighted by molar-refractivity contribution is 5.93. The average Bonchev–Trinajstić information content (AvgIpc) is 2.82. The van der Waals surface area contributed by atoms with Crippen molar-refractivity contribution in [3.63, 3.8) is 0 Å². The van der Waals surface area contributed by atoms with Crippen LogP contribution < -0.4 is 0 Å². The number of methoxy groups -OCH3 is 2. The van der Waals surface area contributed by atoms with Crippen LogP contribution in [0.4, 0.5) is 0 Å². The molecule has 0 aromatic carbocycles. The Morgan fingerprint density at radius 3 is 1.61 bits per heavy atom. The summed E-state index contributed by atoms with van der Waals surface area (Å²) in [5, 5.41) is 0. The van der Waals surface area contributed by atoms with Gasteiger partial charge in [-0.15, -0.1) is 0 Å². The number of rotatable bonds is 13. The van der Waals surface area contributed by atoms with E-state index in [9.17, 15) is 19.2 Å². The molecule has 12 nitrogen and oxygen atoms in total. The summed E-state index contributed by atoms with van der Waals surface area (Å²) < 4.78 is 30.8.